The number of hydrogen-bond acceptors (Lipinski definition) is 6. The van der Waals surface area contributed by atoms with Crippen LogP contribution in [-0.2, 0) is 29.1 Å². The van der Waals surface area contributed by atoms with Gasteiger partial charge in [0, 0.05) is 6.42 Å². The monoisotopic (exact) mass is 332 g/mol. The lowest BCUT2D eigenvalue weighted by molar-refractivity contribution is -0.327. The largest absolute Gasteiger partial charge is 0.348 e. The third-order valence-electron chi connectivity index (χ3n) is 3.29. The van der Waals surface area contributed by atoms with E-state index in [1.807, 2.05) is 6.92 Å². The van der Waals surface area contributed by atoms with Crippen LogP contribution >= 0.6 is 0 Å². The molecule has 0 N–H and O–H groups in total. The summed E-state index contributed by atoms with van der Waals surface area (Å²) in [6.07, 6.45) is 0.637. The fraction of sp³-hybridized carbons (Fsp3) is 0.882. The summed E-state index contributed by atoms with van der Waals surface area (Å²) in [4.78, 5) is 43.5. The molecule has 6 heteroatoms. The molecule has 0 radical (unpaired) electrons. The first kappa shape index (κ1) is 21.9. The summed E-state index contributed by atoms with van der Waals surface area (Å²) in [7, 11) is 0. The van der Waals surface area contributed by atoms with E-state index in [1.165, 1.54) is 0 Å². The molecule has 0 aromatic heterocycles. The van der Waals surface area contributed by atoms with Crippen LogP contribution < -0.4 is 0 Å². The number of carbonyl (C=O) groups excluding carboxylic acids is 2. The Morgan fingerprint density at radius 1 is 0.826 bits per heavy atom. The van der Waals surface area contributed by atoms with Crippen molar-refractivity contribution in [3.05, 3.63) is 0 Å². The van der Waals surface area contributed by atoms with Gasteiger partial charge in [-0.1, -0.05) is 6.92 Å². The highest BCUT2D eigenvalue weighted by Crippen LogP contribution is 2.32. The Balaban J connectivity index is 4.38. The summed E-state index contributed by atoms with van der Waals surface area (Å²) in [5.74, 6) is -1.01. The maximum atomic E-state index is 12.2. The second-order valence-corrected chi connectivity index (χ2v) is 8.38. The van der Waals surface area contributed by atoms with Gasteiger partial charge in [0.05, 0.1) is 5.41 Å². The van der Waals surface area contributed by atoms with E-state index in [4.69, 9.17) is 19.6 Å². The van der Waals surface area contributed by atoms with Gasteiger partial charge in [-0.05, 0) is 67.7 Å². The van der Waals surface area contributed by atoms with Crippen molar-refractivity contribution >= 4 is 11.9 Å². The SMILES string of the molecule is CC(CCC(=O)OOC(C)(C)C)C(C)(C)C(=O)OOC(C)(C)C. The van der Waals surface area contributed by atoms with Crippen LogP contribution in [0.25, 0.3) is 0 Å². The van der Waals surface area contributed by atoms with Gasteiger partial charge < -0.3 is 0 Å². The first-order valence-corrected chi connectivity index (χ1v) is 7.94. The van der Waals surface area contributed by atoms with Crippen LogP contribution in [0.3, 0.4) is 0 Å². The molecule has 0 rings (SSSR count). The van der Waals surface area contributed by atoms with Gasteiger partial charge in [-0.25, -0.2) is 9.59 Å². The standard InChI is InChI=1S/C17H32O6/c1-12(10-11-13(18)20-22-15(2,3)4)17(8,9)14(19)21-23-16(5,6)7/h12H,10-11H2,1-9H3. The van der Waals surface area contributed by atoms with Crippen LogP contribution in [0.15, 0.2) is 0 Å². The van der Waals surface area contributed by atoms with Crippen molar-refractivity contribution in [2.45, 2.75) is 86.4 Å². The Bertz CT molecular complexity index is 400. The summed E-state index contributed by atoms with van der Waals surface area (Å²) in [5, 5.41) is 0. The highest BCUT2D eigenvalue weighted by atomic mass is 17.2. The van der Waals surface area contributed by atoms with Crippen molar-refractivity contribution < 1.29 is 29.1 Å². The first-order valence-electron chi connectivity index (χ1n) is 7.94. The van der Waals surface area contributed by atoms with Gasteiger partial charge in [-0.15, -0.1) is 0 Å². The summed E-state index contributed by atoms with van der Waals surface area (Å²) in [5.41, 5.74) is -1.89. The molecule has 0 saturated carbocycles. The van der Waals surface area contributed by atoms with Gasteiger partial charge in [0.1, 0.15) is 11.2 Å². The summed E-state index contributed by atoms with van der Waals surface area (Å²) in [6.45, 7) is 16.2. The van der Waals surface area contributed by atoms with Crippen molar-refractivity contribution in [2.24, 2.45) is 11.3 Å². The highest BCUT2D eigenvalue weighted by molar-refractivity contribution is 5.76. The van der Waals surface area contributed by atoms with E-state index in [0.29, 0.717) is 6.42 Å². The number of carbonyl (C=O) groups is 2. The minimum absolute atomic E-state index is 0.0965. The van der Waals surface area contributed by atoms with Gasteiger partial charge in [0.2, 0.25) is 0 Å². The Hall–Kier alpha value is -1.14. The molecular formula is C17H32O6. The predicted molar refractivity (Wildman–Crippen MR) is 86.0 cm³/mol. The molecule has 0 heterocycles. The Morgan fingerprint density at radius 3 is 1.70 bits per heavy atom. The quantitative estimate of drug-likeness (QED) is 0.519. The van der Waals surface area contributed by atoms with Gasteiger partial charge >= 0.3 is 11.9 Å². The molecule has 0 saturated heterocycles. The molecule has 0 amide bonds. The van der Waals surface area contributed by atoms with Crippen molar-refractivity contribution in [1.82, 2.24) is 0 Å². The van der Waals surface area contributed by atoms with Crippen molar-refractivity contribution in [2.75, 3.05) is 0 Å². The average Bonchev–Trinajstić information content (AvgIpc) is 2.37. The van der Waals surface area contributed by atoms with E-state index >= 15 is 0 Å². The molecule has 1 unspecified atom stereocenters. The van der Waals surface area contributed by atoms with Crippen LogP contribution in [0.4, 0.5) is 0 Å². The fourth-order valence-corrected chi connectivity index (χ4v) is 1.38. The van der Waals surface area contributed by atoms with Crippen LogP contribution in [0.1, 0.15) is 75.2 Å². The van der Waals surface area contributed by atoms with E-state index in [0.717, 1.165) is 0 Å². The normalized spacial score (nSPS) is 14.3. The minimum atomic E-state index is -0.781. The fourth-order valence-electron chi connectivity index (χ4n) is 1.38. The lowest BCUT2D eigenvalue weighted by Crippen LogP contribution is -2.35. The molecule has 0 aliphatic heterocycles. The zero-order chi connectivity index (χ0) is 18.5. The molecule has 23 heavy (non-hydrogen) atoms. The molecular weight excluding hydrogens is 300 g/mol. The number of rotatable bonds is 7. The Kier molecular flexibility index (Phi) is 7.70. The van der Waals surface area contributed by atoms with E-state index in [9.17, 15) is 9.59 Å². The van der Waals surface area contributed by atoms with Crippen LogP contribution in [0.2, 0.25) is 0 Å². The minimum Gasteiger partial charge on any atom is -0.298 e. The third kappa shape index (κ3) is 9.56. The second-order valence-electron chi connectivity index (χ2n) is 8.38. The van der Waals surface area contributed by atoms with Crippen molar-refractivity contribution in [1.29, 1.82) is 0 Å². The molecule has 1 atom stereocenters. The Labute approximate surface area is 139 Å². The smallest absolute Gasteiger partial charge is 0.298 e. The lowest BCUT2D eigenvalue weighted by Gasteiger charge is -2.29. The maximum Gasteiger partial charge on any atom is 0.348 e. The predicted octanol–water partition coefficient (Wildman–Crippen LogP) is 3.98. The third-order valence-corrected chi connectivity index (χ3v) is 3.29. The lowest BCUT2D eigenvalue weighted by atomic mass is 9.77. The van der Waals surface area contributed by atoms with Crippen molar-refractivity contribution in [3.63, 3.8) is 0 Å². The molecule has 0 bridgehead atoms. The molecule has 136 valence electrons. The van der Waals surface area contributed by atoms with Gasteiger partial charge in [-0.3, -0.25) is 9.78 Å². The van der Waals surface area contributed by atoms with E-state index < -0.39 is 28.6 Å². The zero-order valence-corrected chi connectivity index (χ0v) is 15.9. The van der Waals surface area contributed by atoms with E-state index in [2.05, 4.69) is 0 Å². The van der Waals surface area contributed by atoms with Gasteiger partial charge in [-0.2, -0.15) is 9.78 Å². The van der Waals surface area contributed by atoms with Gasteiger partial charge in [0.15, 0.2) is 0 Å². The molecule has 0 fully saturated rings. The number of hydrogen-bond donors (Lipinski definition) is 0. The topological polar surface area (TPSA) is 71.1 Å². The molecule has 0 aromatic rings. The average molecular weight is 332 g/mol. The van der Waals surface area contributed by atoms with Gasteiger partial charge in [0.25, 0.3) is 0 Å². The van der Waals surface area contributed by atoms with Crippen LogP contribution in [0, 0.1) is 11.3 Å². The molecule has 0 aliphatic rings. The second kappa shape index (κ2) is 8.11. The van der Waals surface area contributed by atoms with Crippen molar-refractivity contribution in [3.8, 4) is 0 Å². The zero-order valence-electron chi connectivity index (χ0n) is 15.9. The summed E-state index contributed by atoms with van der Waals surface area (Å²) >= 11 is 0. The summed E-state index contributed by atoms with van der Waals surface area (Å²) < 4.78 is 0. The molecule has 0 spiro atoms. The van der Waals surface area contributed by atoms with Crippen LogP contribution in [0.5, 0.6) is 0 Å². The maximum absolute atomic E-state index is 12.2. The summed E-state index contributed by atoms with van der Waals surface area (Å²) in [6, 6.07) is 0. The molecule has 0 aliphatic carbocycles. The van der Waals surface area contributed by atoms with Crippen LogP contribution in [-0.4, -0.2) is 23.1 Å². The van der Waals surface area contributed by atoms with E-state index in [1.54, 1.807) is 55.4 Å². The molecule has 0 aromatic carbocycles. The molecule has 6 nitrogen and oxygen atoms in total. The van der Waals surface area contributed by atoms with E-state index in [-0.39, 0.29) is 12.3 Å². The Morgan fingerprint density at radius 2 is 1.26 bits per heavy atom. The first-order chi connectivity index (χ1) is 10.1. The highest BCUT2D eigenvalue weighted by Gasteiger charge is 2.37.